The summed E-state index contributed by atoms with van der Waals surface area (Å²) in [6, 6.07) is 60.8. The van der Waals surface area contributed by atoms with Gasteiger partial charge in [-0.1, -0.05) is 124 Å². The third-order valence-corrected chi connectivity index (χ3v) is 13.1. The van der Waals surface area contributed by atoms with Crippen LogP contribution in [0.25, 0.3) is 60.9 Å². The zero-order valence-electron chi connectivity index (χ0n) is 36.4. The van der Waals surface area contributed by atoms with Crippen LogP contribution in [0.4, 0.5) is 22.7 Å². The largest absolute Gasteiger partial charge is 0.457 e. The molecule has 5 heterocycles. The van der Waals surface area contributed by atoms with Gasteiger partial charge in [-0.15, -0.1) is 0 Å². The van der Waals surface area contributed by atoms with Crippen LogP contribution in [-0.4, -0.2) is 25.8 Å². The second-order valence-corrected chi connectivity index (χ2v) is 18.2. The second-order valence-electron chi connectivity index (χ2n) is 18.2. The van der Waals surface area contributed by atoms with Crippen molar-refractivity contribution in [3.8, 4) is 39.6 Å². The molecule has 0 radical (unpaired) electrons. The van der Waals surface area contributed by atoms with Crippen molar-refractivity contribution in [2.24, 2.45) is 0 Å². The smallest absolute Gasteiger partial charge is 0.137 e. The molecule has 0 saturated heterocycles. The first-order valence-electron chi connectivity index (χ1n) is 22.5. The molecule has 10 aromatic rings. The van der Waals surface area contributed by atoms with E-state index in [0.29, 0.717) is 6.67 Å². The summed E-state index contributed by atoms with van der Waals surface area (Å²) in [5.74, 6) is 3.60. The highest BCUT2D eigenvalue weighted by molar-refractivity contribution is 6.09. The summed E-state index contributed by atoms with van der Waals surface area (Å²) in [5.41, 5.74) is 14.9. The number of para-hydroxylation sites is 2. The maximum atomic E-state index is 6.84. The number of pyridine rings is 1. The van der Waals surface area contributed by atoms with Crippen molar-refractivity contribution in [1.82, 2.24) is 19.1 Å². The molecule has 0 saturated carbocycles. The Morgan fingerprint density at radius 2 is 1.27 bits per heavy atom. The van der Waals surface area contributed by atoms with E-state index in [-0.39, 0.29) is 5.41 Å². The molecule has 0 fully saturated rings. The van der Waals surface area contributed by atoms with Gasteiger partial charge < -0.3 is 19.1 Å². The summed E-state index contributed by atoms with van der Waals surface area (Å²) in [4.78, 5) is 15.1. The molecule has 7 heteroatoms. The Kier molecular flexibility index (Phi) is 8.93. The molecule has 0 unspecified atom stereocenters. The zero-order chi connectivity index (χ0) is 42.9. The predicted octanol–water partition coefficient (Wildman–Crippen LogP) is 14.5. The molecular formula is C57H48N6O. The lowest BCUT2D eigenvalue weighted by Crippen LogP contribution is -2.25. The van der Waals surface area contributed by atoms with E-state index in [2.05, 4.69) is 210 Å². The van der Waals surface area contributed by atoms with Crippen LogP contribution in [0, 0.1) is 0 Å². The molecule has 3 aromatic heterocycles. The van der Waals surface area contributed by atoms with E-state index in [1.165, 1.54) is 63.1 Å². The molecule has 0 aliphatic carbocycles. The van der Waals surface area contributed by atoms with Crippen molar-refractivity contribution in [1.29, 1.82) is 0 Å². The molecular weight excluding hydrogens is 785 g/mol. The quantitative estimate of drug-likeness (QED) is 0.160. The van der Waals surface area contributed by atoms with Gasteiger partial charge >= 0.3 is 0 Å². The standard InChI is InChI=1S/C57H48N6O/c1-57(2,3)40-29-30-58-55(32-40)63-49-25-11-10-22-46(49)47-28-27-43(34-50(47)63)64-42-21-14-20-41(33-42)61-37-62(53-36-51-48(35-52(53)61)59-54-26-12-13-31-60(51)54)56-44(38-16-6-4-7-17-38)23-15-24-45(56)39-18-8-5-9-19-39/h4-11,14-25,27-30,32-36H,12-13,26,31,37H2,1-3H3. The van der Waals surface area contributed by atoms with E-state index in [1.807, 2.05) is 6.20 Å². The minimum absolute atomic E-state index is 0.0117. The summed E-state index contributed by atoms with van der Waals surface area (Å²) in [6.45, 7) is 8.33. The molecule has 0 amide bonds. The van der Waals surface area contributed by atoms with Crippen LogP contribution in [0.3, 0.4) is 0 Å². The van der Waals surface area contributed by atoms with E-state index in [1.54, 1.807) is 0 Å². The highest BCUT2D eigenvalue weighted by Crippen LogP contribution is 2.52. The number of imidazole rings is 1. The molecule has 0 atom stereocenters. The Balaban J connectivity index is 0.978. The van der Waals surface area contributed by atoms with Gasteiger partial charge in [-0.2, -0.15) is 0 Å². The molecule has 0 bridgehead atoms. The maximum Gasteiger partial charge on any atom is 0.137 e. The Labute approximate surface area is 373 Å². The molecule has 0 spiro atoms. The van der Waals surface area contributed by atoms with Crippen LogP contribution in [0.1, 0.15) is 45.0 Å². The Bertz CT molecular complexity index is 3340. The van der Waals surface area contributed by atoms with Gasteiger partial charge in [-0.25, -0.2) is 9.97 Å². The summed E-state index contributed by atoms with van der Waals surface area (Å²) < 4.78 is 11.6. The van der Waals surface area contributed by atoms with Crippen LogP contribution >= 0.6 is 0 Å². The van der Waals surface area contributed by atoms with Crippen LogP contribution in [0.5, 0.6) is 11.5 Å². The number of nitrogens with zero attached hydrogens (tertiary/aromatic N) is 6. The Morgan fingerprint density at radius 1 is 0.562 bits per heavy atom. The Morgan fingerprint density at radius 3 is 2.05 bits per heavy atom. The third-order valence-electron chi connectivity index (χ3n) is 13.1. The minimum Gasteiger partial charge on any atom is -0.457 e. The third kappa shape index (κ3) is 6.41. The van der Waals surface area contributed by atoms with Gasteiger partial charge in [0.1, 0.15) is 29.8 Å². The van der Waals surface area contributed by atoms with E-state index in [9.17, 15) is 0 Å². The number of aromatic nitrogens is 4. The molecule has 64 heavy (non-hydrogen) atoms. The average molecular weight is 833 g/mol. The summed E-state index contributed by atoms with van der Waals surface area (Å²) in [5, 5.41) is 2.34. The lowest BCUT2D eigenvalue weighted by atomic mass is 9.88. The van der Waals surface area contributed by atoms with Crippen molar-refractivity contribution in [2.75, 3.05) is 16.5 Å². The number of ether oxygens (including phenoxy) is 1. The van der Waals surface area contributed by atoms with Gasteiger partial charge in [0.15, 0.2) is 0 Å². The van der Waals surface area contributed by atoms with E-state index in [4.69, 9.17) is 14.7 Å². The fourth-order valence-electron chi connectivity index (χ4n) is 9.98. The number of anilines is 4. The minimum atomic E-state index is -0.0117. The van der Waals surface area contributed by atoms with E-state index in [0.717, 1.165) is 69.3 Å². The number of aryl methyl sites for hydroxylation is 2. The highest BCUT2D eigenvalue weighted by Gasteiger charge is 2.33. The Hall–Kier alpha value is -7.64. The van der Waals surface area contributed by atoms with Gasteiger partial charge in [0, 0.05) is 58.9 Å². The number of rotatable bonds is 7. The average Bonchev–Trinajstić information content (AvgIpc) is 4.00. The normalized spacial score (nSPS) is 13.8. The number of hydrogen-bond acceptors (Lipinski definition) is 5. The second kappa shape index (κ2) is 15.0. The summed E-state index contributed by atoms with van der Waals surface area (Å²) in [6.07, 6.45) is 5.28. The number of hydrogen-bond donors (Lipinski definition) is 0. The zero-order valence-corrected chi connectivity index (χ0v) is 36.4. The van der Waals surface area contributed by atoms with Crippen LogP contribution < -0.4 is 14.5 Å². The first kappa shape index (κ1) is 38.1. The lowest BCUT2D eigenvalue weighted by molar-refractivity contribution is 0.483. The van der Waals surface area contributed by atoms with Gasteiger partial charge in [0.25, 0.3) is 0 Å². The van der Waals surface area contributed by atoms with Gasteiger partial charge in [-0.05, 0) is 89.5 Å². The van der Waals surface area contributed by atoms with E-state index < -0.39 is 0 Å². The topological polar surface area (TPSA) is 51.4 Å². The first-order chi connectivity index (χ1) is 31.4. The van der Waals surface area contributed by atoms with Gasteiger partial charge in [-0.3, -0.25) is 4.57 Å². The van der Waals surface area contributed by atoms with Crippen molar-refractivity contribution in [3.63, 3.8) is 0 Å². The fourth-order valence-corrected chi connectivity index (χ4v) is 9.98. The number of benzene rings is 7. The maximum absolute atomic E-state index is 6.84. The summed E-state index contributed by atoms with van der Waals surface area (Å²) >= 11 is 0. The summed E-state index contributed by atoms with van der Waals surface area (Å²) in [7, 11) is 0. The highest BCUT2D eigenvalue weighted by atomic mass is 16.5. The molecule has 2 aliphatic rings. The molecule has 7 aromatic carbocycles. The molecule has 12 rings (SSSR count). The molecule has 312 valence electrons. The van der Waals surface area contributed by atoms with Crippen LogP contribution in [0.15, 0.2) is 176 Å². The molecule has 2 aliphatic heterocycles. The molecule has 7 nitrogen and oxygen atoms in total. The van der Waals surface area contributed by atoms with Gasteiger partial charge in [0.05, 0.1) is 39.1 Å². The van der Waals surface area contributed by atoms with Crippen LogP contribution in [-0.2, 0) is 18.4 Å². The first-order valence-corrected chi connectivity index (χ1v) is 22.5. The van der Waals surface area contributed by atoms with Crippen molar-refractivity contribution in [3.05, 3.63) is 187 Å². The SMILES string of the molecule is CC(C)(C)c1ccnc(-n2c3ccccc3c3ccc(Oc4cccc(N5CN(c6c(-c7ccccc7)cccc6-c6ccccc6)c6cc7c(cc65)nc5n7CCCC5)c4)cc32)c1. The van der Waals surface area contributed by atoms with Crippen molar-refractivity contribution < 1.29 is 4.74 Å². The number of fused-ring (bicyclic) bond motifs is 7. The van der Waals surface area contributed by atoms with Crippen LogP contribution in [0.2, 0.25) is 0 Å². The fraction of sp³-hybridized carbons (Fsp3) is 0.158. The molecule has 0 N–H and O–H groups in total. The van der Waals surface area contributed by atoms with Crippen molar-refractivity contribution in [2.45, 2.75) is 52.0 Å². The lowest BCUT2D eigenvalue weighted by Gasteiger charge is -2.27. The van der Waals surface area contributed by atoms with Crippen molar-refractivity contribution >= 4 is 55.6 Å². The monoisotopic (exact) mass is 832 g/mol. The predicted molar refractivity (Wildman–Crippen MR) is 263 cm³/mol. The van der Waals surface area contributed by atoms with Gasteiger partial charge in [0.2, 0.25) is 0 Å². The van der Waals surface area contributed by atoms with E-state index >= 15 is 0 Å².